The molecule has 0 saturated carbocycles. The van der Waals surface area contributed by atoms with Crippen molar-refractivity contribution in [3.63, 3.8) is 0 Å². The van der Waals surface area contributed by atoms with Crippen molar-refractivity contribution in [3.05, 3.63) is 23.9 Å². The standard InChI is InChI=1S/C16H23N3O4/c1-2-3-6-13(16(21)22)18-15(20)12-5-4-7-17-14(12)19-8-10-23-11-9-19/h4-5,7,13H,2-3,6,8-11H2,1H3,(H,18,20)(H,21,22). The van der Waals surface area contributed by atoms with Gasteiger partial charge >= 0.3 is 5.97 Å². The Morgan fingerprint density at radius 2 is 2.17 bits per heavy atom. The molecule has 7 nitrogen and oxygen atoms in total. The number of anilines is 1. The van der Waals surface area contributed by atoms with E-state index in [-0.39, 0.29) is 0 Å². The van der Waals surface area contributed by atoms with Gasteiger partial charge in [0.25, 0.3) is 5.91 Å². The highest BCUT2D eigenvalue weighted by molar-refractivity contribution is 6.00. The monoisotopic (exact) mass is 321 g/mol. The van der Waals surface area contributed by atoms with Crippen molar-refractivity contribution < 1.29 is 19.4 Å². The van der Waals surface area contributed by atoms with E-state index < -0.39 is 17.9 Å². The van der Waals surface area contributed by atoms with Gasteiger partial charge in [0.15, 0.2) is 0 Å². The summed E-state index contributed by atoms with van der Waals surface area (Å²) in [6.07, 6.45) is 3.68. The highest BCUT2D eigenvalue weighted by Crippen LogP contribution is 2.18. The van der Waals surface area contributed by atoms with E-state index >= 15 is 0 Å². The number of hydrogen-bond acceptors (Lipinski definition) is 5. The molecular weight excluding hydrogens is 298 g/mol. The van der Waals surface area contributed by atoms with Crippen molar-refractivity contribution in [1.82, 2.24) is 10.3 Å². The van der Waals surface area contributed by atoms with E-state index in [1.54, 1.807) is 18.3 Å². The highest BCUT2D eigenvalue weighted by atomic mass is 16.5. The normalized spacial score (nSPS) is 16.0. The Morgan fingerprint density at radius 1 is 1.43 bits per heavy atom. The lowest BCUT2D eigenvalue weighted by atomic mass is 10.1. The zero-order valence-corrected chi connectivity index (χ0v) is 13.3. The van der Waals surface area contributed by atoms with E-state index in [1.165, 1.54) is 0 Å². The van der Waals surface area contributed by atoms with Crippen LogP contribution in [-0.4, -0.2) is 54.3 Å². The number of unbranched alkanes of at least 4 members (excludes halogenated alkanes) is 1. The van der Waals surface area contributed by atoms with Gasteiger partial charge < -0.3 is 20.1 Å². The van der Waals surface area contributed by atoms with E-state index in [1.807, 2.05) is 11.8 Å². The van der Waals surface area contributed by atoms with E-state index in [4.69, 9.17) is 4.74 Å². The Bertz CT molecular complexity index is 544. The number of rotatable bonds is 7. The molecule has 126 valence electrons. The molecule has 1 amide bonds. The second-order valence-corrected chi connectivity index (χ2v) is 5.48. The summed E-state index contributed by atoms with van der Waals surface area (Å²) in [5.41, 5.74) is 0.400. The molecule has 7 heteroatoms. The number of carboxylic acid groups (broad SMARTS) is 1. The number of amides is 1. The van der Waals surface area contributed by atoms with Crippen molar-refractivity contribution in [2.45, 2.75) is 32.2 Å². The lowest BCUT2D eigenvalue weighted by Gasteiger charge is -2.29. The van der Waals surface area contributed by atoms with E-state index in [9.17, 15) is 14.7 Å². The number of nitrogens with one attached hydrogen (secondary N) is 1. The van der Waals surface area contributed by atoms with Crippen molar-refractivity contribution >= 4 is 17.7 Å². The van der Waals surface area contributed by atoms with Gasteiger partial charge in [0.1, 0.15) is 11.9 Å². The van der Waals surface area contributed by atoms with Crippen LogP contribution in [0.4, 0.5) is 5.82 Å². The zero-order chi connectivity index (χ0) is 16.7. The Balaban J connectivity index is 2.13. The molecule has 1 aromatic rings. The first-order valence-corrected chi connectivity index (χ1v) is 7.95. The summed E-state index contributed by atoms with van der Waals surface area (Å²) in [4.78, 5) is 30.1. The Hall–Kier alpha value is -2.15. The number of carboxylic acids is 1. The maximum absolute atomic E-state index is 12.5. The zero-order valence-electron chi connectivity index (χ0n) is 13.3. The van der Waals surface area contributed by atoms with E-state index in [2.05, 4.69) is 10.3 Å². The van der Waals surface area contributed by atoms with Crippen LogP contribution in [0.2, 0.25) is 0 Å². The van der Waals surface area contributed by atoms with Gasteiger partial charge in [-0.2, -0.15) is 0 Å². The van der Waals surface area contributed by atoms with Crippen LogP contribution >= 0.6 is 0 Å². The van der Waals surface area contributed by atoms with Gasteiger partial charge in [0.2, 0.25) is 0 Å². The van der Waals surface area contributed by atoms with Gasteiger partial charge in [-0.3, -0.25) is 4.79 Å². The molecule has 23 heavy (non-hydrogen) atoms. The fraction of sp³-hybridized carbons (Fsp3) is 0.562. The number of carbonyl (C=O) groups is 2. The molecule has 1 aromatic heterocycles. The topological polar surface area (TPSA) is 91.8 Å². The lowest BCUT2D eigenvalue weighted by Crippen LogP contribution is -2.42. The summed E-state index contributed by atoms with van der Waals surface area (Å²) in [5, 5.41) is 11.9. The molecule has 1 atom stereocenters. The second-order valence-electron chi connectivity index (χ2n) is 5.48. The molecule has 1 aliphatic rings. The third-order valence-corrected chi connectivity index (χ3v) is 3.79. The summed E-state index contributed by atoms with van der Waals surface area (Å²) in [7, 11) is 0. The molecule has 1 fully saturated rings. The number of carbonyl (C=O) groups excluding carboxylic acids is 1. The predicted molar refractivity (Wildman–Crippen MR) is 85.7 cm³/mol. The largest absolute Gasteiger partial charge is 0.480 e. The van der Waals surface area contributed by atoms with E-state index in [0.29, 0.717) is 44.1 Å². The second kappa shape index (κ2) is 8.47. The number of nitrogens with zero attached hydrogens (tertiary/aromatic N) is 2. The first-order chi connectivity index (χ1) is 11.1. The van der Waals surface area contributed by atoms with Crippen LogP contribution in [0.5, 0.6) is 0 Å². The number of hydrogen-bond donors (Lipinski definition) is 2. The summed E-state index contributed by atoms with van der Waals surface area (Å²) in [6.45, 7) is 4.49. The van der Waals surface area contributed by atoms with Gasteiger partial charge in [-0.25, -0.2) is 9.78 Å². The number of pyridine rings is 1. The van der Waals surface area contributed by atoms with Crippen molar-refractivity contribution in [1.29, 1.82) is 0 Å². The van der Waals surface area contributed by atoms with Gasteiger partial charge in [-0.15, -0.1) is 0 Å². The van der Waals surface area contributed by atoms with Crippen LogP contribution in [-0.2, 0) is 9.53 Å². The van der Waals surface area contributed by atoms with Crippen LogP contribution in [0.15, 0.2) is 18.3 Å². The molecule has 2 rings (SSSR count). The Kier molecular flexibility index (Phi) is 6.34. The quantitative estimate of drug-likeness (QED) is 0.786. The van der Waals surface area contributed by atoms with Crippen molar-refractivity contribution in [3.8, 4) is 0 Å². The molecule has 2 heterocycles. The fourth-order valence-electron chi connectivity index (χ4n) is 2.50. The molecular formula is C16H23N3O4. The number of morpholine rings is 1. The predicted octanol–water partition coefficient (Wildman–Crippen LogP) is 1.29. The number of ether oxygens (including phenoxy) is 1. The smallest absolute Gasteiger partial charge is 0.326 e. The fourth-order valence-corrected chi connectivity index (χ4v) is 2.50. The molecule has 1 unspecified atom stereocenters. The van der Waals surface area contributed by atoms with Crippen molar-refractivity contribution in [2.24, 2.45) is 0 Å². The third kappa shape index (κ3) is 4.66. The molecule has 0 bridgehead atoms. The average Bonchev–Trinajstić information content (AvgIpc) is 2.59. The van der Waals surface area contributed by atoms with E-state index in [0.717, 1.165) is 12.8 Å². The van der Waals surface area contributed by atoms with Crippen LogP contribution in [0.1, 0.15) is 36.5 Å². The Morgan fingerprint density at radius 3 is 2.83 bits per heavy atom. The summed E-state index contributed by atoms with van der Waals surface area (Å²) < 4.78 is 5.31. The van der Waals surface area contributed by atoms with Crippen molar-refractivity contribution in [2.75, 3.05) is 31.2 Å². The minimum atomic E-state index is -1.01. The maximum Gasteiger partial charge on any atom is 0.326 e. The van der Waals surface area contributed by atoms with Crippen LogP contribution in [0.3, 0.4) is 0 Å². The van der Waals surface area contributed by atoms with Crippen LogP contribution < -0.4 is 10.2 Å². The average molecular weight is 321 g/mol. The first-order valence-electron chi connectivity index (χ1n) is 7.95. The third-order valence-electron chi connectivity index (χ3n) is 3.79. The minimum Gasteiger partial charge on any atom is -0.480 e. The Labute approximate surface area is 135 Å². The summed E-state index contributed by atoms with van der Waals surface area (Å²) >= 11 is 0. The molecule has 2 N–H and O–H groups in total. The summed E-state index contributed by atoms with van der Waals surface area (Å²) in [5.74, 6) is -0.834. The van der Waals surface area contributed by atoms with Gasteiger partial charge in [0, 0.05) is 19.3 Å². The minimum absolute atomic E-state index is 0.400. The molecule has 1 aliphatic heterocycles. The van der Waals surface area contributed by atoms with Crippen LogP contribution in [0, 0.1) is 0 Å². The SMILES string of the molecule is CCCCC(NC(=O)c1cccnc1N1CCOCC1)C(=O)O. The summed E-state index contributed by atoms with van der Waals surface area (Å²) in [6, 6.07) is 2.48. The molecule has 0 aliphatic carbocycles. The van der Waals surface area contributed by atoms with Gasteiger partial charge in [-0.1, -0.05) is 19.8 Å². The van der Waals surface area contributed by atoms with Crippen LogP contribution in [0.25, 0.3) is 0 Å². The number of aromatic nitrogens is 1. The molecule has 0 aromatic carbocycles. The molecule has 0 spiro atoms. The first kappa shape index (κ1) is 17.2. The lowest BCUT2D eigenvalue weighted by molar-refractivity contribution is -0.139. The molecule has 1 saturated heterocycles. The van der Waals surface area contributed by atoms with Gasteiger partial charge in [-0.05, 0) is 18.6 Å². The number of aliphatic carboxylic acids is 1. The highest BCUT2D eigenvalue weighted by Gasteiger charge is 2.24. The molecule has 0 radical (unpaired) electrons. The van der Waals surface area contributed by atoms with Gasteiger partial charge in [0.05, 0.1) is 18.8 Å². The maximum atomic E-state index is 12.5.